The number of hydrogen-bond acceptors (Lipinski definition) is 4. The zero-order valence-electron chi connectivity index (χ0n) is 20.7. The topological polar surface area (TPSA) is 78.1 Å². The molecule has 0 N–H and O–H groups in total. The Morgan fingerprint density at radius 1 is 0.386 bits per heavy atom. The van der Waals surface area contributed by atoms with Gasteiger partial charge in [0.05, 0.1) is 55.2 Å². The highest BCUT2D eigenvalue weighted by Crippen LogP contribution is 2.45. The highest BCUT2D eigenvalue weighted by Gasteiger charge is 2.48. The maximum atomic E-state index is 14.5. The van der Waals surface area contributed by atoms with E-state index in [4.69, 9.17) is 0 Å². The van der Waals surface area contributed by atoms with Crippen LogP contribution in [0.3, 0.4) is 0 Å². The molecule has 5 aromatic rings. The molecule has 0 saturated carbocycles. The van der Waals surface area contributed by atoms with Crippen molar-refractivity contribution in [2.75, 3.05) is 0 Å². The van der Waals surface area contributed by atoms with E-state index in [2.05, 4.69) is 0 Å². The normalized spacial score (nSPS) is 13.4. The van der Waals surface area contributed by atoms with Crippen LogP contribution in [0.5, 0.6) is 0 Å². The summed E-state index contributed by atoms with van der Waals surface area (Å²) in [5.41, 5.74) is -21.3. The standard InChI is InChI=1S/C26H8F12N2O4/c27-23(28,29)9-5-1-3-7-11(9)39-19(41)13-14(20(39)42)18(26(36,37)38)16-15(17(13)25(33,34)35)21(43)40(22(16)44)12-8-4-2-6-10(12)24(30,31)32/h1-8H. The molecule has 0 saturated heterocycles. The average Bonchev–Trinajstić information content (AvgIpc) is 3.29. The van der Waals surface area contributed by atoms with Crippen LogP contribution in [-0.4, -0.2) is 9.13 Å². The van der Waals surface area contributed by atoms with Gasteiger partial charge in [-0.05, 0) is 24.3 Å². The molecule has 2 aromatic heterocycles. The third-order valence-electron chi connectivity index (χ3n) is 6.64. The molecular formula is C26H8F12N2O4. The van der Waals surface area contributed by atoms with E-state index in [1.165, 1.54) is 0 Å². The number of fused-ring (bicyclic) bond motifs is 2. The molecule has 0 aliphatic rings. The fourth-order valence-corrected chi connectivity index (χ4v) is 5.06. The molecule has 44 heavy (non-hydrogen) atoms. The summed E-state index contributed by atoms with van der Waals surface area (Å²) in [6.45, 7) is 0. The van der Waals surface area contributed by atoms with Crippen LogP contribution in [0.1, 0.15) is 22.3 Å². The number of benzene rings is 3. The molecule has 0 unspecified atom stereocenters. The first-order chi connectivity index (χ1) is 20.1. The lowest BCUT2D eigenvalue weighted by atomic mass is 9.96. The van der Waals surface area contributed by atoms with Gasteiger partial charge in [0.25, 0.3) is 22.2 Å². The molecule has 0 radical (unpaired) electrons. The van der Waals surface area contributed by atoms with Crippen molar-refractivity contribution in [2.24, 2.45) is 0 Å². The minimum absolute atomic E-state index is 0.275. The highest BCUT2D eigenvalue weighted by atomic mass is 19.4. The van der Waals surface area contributed by atoms with Crippen LogP contribution in [0.15, 0.2) is 67.7 Å². The first-order valence-corrected chi connectivity index (χ1v) is 11.6. The quantitative estimate of drug-likeness (QED) is 0.223. The Kier molecular flexibility index (Phi) is 6.46. The van der Waals surface area contributed by atoms with Crippen LogP contribution in [0.4, 0.5) is 52.7 Å². The number of nitrogens with zero attached hydrogens (tertiary/aromatic N) is 2. The molecule has 0 aliphatic carbocycles. The van der Waals surface area contributed by atoms with Crippen molar-refractivity contribution >= 4 is 21.5 Å². The number of halogens is 12. The Morgan fingerprint density at radius 2 is 0.636 bits per heavy atom. The van der Waals surface area contributed by atoms with Gasteiger partial charge in [-0.3, -0.25) is 19.2 Å². The molecule has 0 spiro atoms. The first kappa shape index (κ1) is 30.6. The van der Waals surface area contributed by atoms with E-state index < -0.39 is 111 Å². The van der Waals surface area contributed by atoms with Crippen molar-refractivity contribution in [3.8, 4) is 11.4 Å². The van der Waals surface area contributed by atoms with Gasteiger partial charge >= 0.3 is 24.7 Å². The van der Waals surface area contributed by atoms with Gasteiger partial charge in [-0.1, -0.05) is 24.3 Å². The summed E-state index contributed by atoms with van der Waals surface area (Å²) < 4.78 is 168. The fraction of sp³-hybridized carbons (Fsp3) is 0.154. The summed E-state index contributed by atoms with van der Waals surface area (Å²) in [6.07, 6.45) is -22.9. The number of alkyl halides is 12. The lowest BCUT2D eigenvalue weighted by Gasteiger charge is -2.13. The number of rotatable bonds is 2. The second kappa shape index (κ2) is 9.30. The molecular weight excluding hydrogens is 632 g/mol. The molecule has 0 bridgehead atoms. The van der Waals surface area contributed by atoms with Gasteiger partial charge in [0.1, 0.15) is 0 Å². The van der Waals surface area contributed by atoms with Crippen LogP contribution in [0, 0.1) is 0 Å². The van der Waals surface area contributed by atoms with Crippen LogP contribution in [0.25, 0.3) is 32.9 Å². The van der Waals surface area contributed by atoms with Crippen molar-refractivity contribution in [1.82, 2.24) is 9.13 Å². The van der Waals surface area contributed by atoms with Gasteiger partial charge in [0, 0.05) is 0 Å². The van der Waals surface area contributed by atoms with Crippen LogP contribution >= 0.6 is 0 Å². The largest absolute Gasteiger partial charge is 0.418 e. The van der Waals surface area contributed by atoms with Gasteiger partial charge in [-0.15, -0.1) is 0 Å². The SMILES string of the molecule is O=c1c2c(C(F)(F)F)c3c(=O)n(-c4ccccc4C(F)(F)F)c(=O)c3c(C(F)(F)F)c2c(=O)n1-c1ccccc1C(F)(F)F. The van der Waals surface area contributed by atoms with E-state index in [1.807, 2.05) is 0 Å². The van der Waals surface area contributed by atoms with Crippen molar-refractivity contribution in [3.05, 3.63) is 112 Å². The lowest BCUT2D eigenvalue weighted by Crippen LogP contribution is -2.28. The Bertz CT molecular complexity index is 1970. The molecule has 230 valence electrons. The summed E-state index contributed by atoms with van der Waals surface area (Å²) in [5, 5.41) is -8.84. The monoisotopic (exact) mass is 640 g/mol. The summed E-state index contributed by atoms with van der Waals surface area (Å²) >= 11 is 0. The van der Waals surface area contributed by atoms with Gasteiger partial charge in [0.2, 0.25) is 0 Å². The van der Waals surface area contributed by atoms with E-state index in [0.717, 1.165) is 24.3 Å². The summed E-state index contributed by atoms with van der Waals surface area (Å²) in [4.78, 5) is 53.1. The molecule has 0 amide bonds. The Hall–Kier alpha value is -4.90. The second-order valence-corrected chi connectivity index (χ2v) is 9.17. The zero-order chi connectivity index (χ0) is 32.9. The summed E-state index contributed by atoms with van der Waals surface area (Å²) in [5.74, 6) is 0. The van der Waals surface area contributed by atoms with Crippen molar-refractivity contribution < 1.29 is 52.7 Å². The maximum absolute atomic E-state index is 14.5. The smallest absolute Gasteiger partial charge is 0.268 e. The Morgan fingerprint density at radius 3 is 0.864 bits per heavy atom. The van der Waals surface area contributed by atoms with E-state index in [0.29, 0.717) is 12.1 Å². The highest BCUT2D eigenvalue weighted by molar-refractivity contribution is 6.07. The van der Waals surface area contributed by atoms with E-state index >= 15 is 0 Å². The molecule has 0 fully saturated rings. The van der Waals surface area contributed by atoms with Gasteiger partial charge in [-0.25, -0.2) is 9.13 Å². The minimum Gasteiger partial charge on any atom is -0.268 e. The summed E-state index contributed by atoms with van der Waals surface area (Å²) in [6, 6.07) is 4.42. The van der Waals surface area contributed by atoms with Crippen molar-refractivity contribution in [2.45, 2.75) is 24.7 Å². The molecule has 3 aromatic carbocycles. The van der Waals surface area contributed by atoms with Crippen LogP contribution in [-0.2, 0) is 24.7 Å². The first-order valence-electron chi connectivity index (χ1n) is 11.6. The van der Waals surface area contributed by atoms with Crippen molar-refractivity contribution in [1.29, 1.82) is 0 Å². The zero-order valence-corrected chi connectivity index (χ0v) is 20.7. The second-order valence-electron chi connectivity index (χ2n) is 9.17. The fourth-order valence-electron chi connectivity index (χ4n) is 5.06. The van der Waals surface area contributed by atoms with E-state index in [9.17, 15) is 71.9 Å². The Balaban J connectivity index is 2.14. The molecule has 0 atom stereocenters. The molecule has 0 aliphatic heterocycles. The molecule has 2 heterocycles. The third-order valence-corrected chi connectivity index (χ3v) is 6.64. The van der Waals surface area contributed by atoms with Gasteiger partial charge < -0.3 is 0 Å². The lowest BCUT2D eigenvalue weighted by molar-refractivity contribution is -0.138. The van der Waals surface area contributed by atoms with Crippen LogP contribution in [0.2, 0.25) is 0 Å². The van der Waals surface area contributed by atoms with Crippen LogP contribution < -0.4 is 22.2 Å². The minimum atomic E-state index is -6.05. The molecule has 6 nitrogen and oxygen atoms in total. The van der Waals surface area contributed by atoms with E-state index in [1.54, 1.807) is 0 Å². The number of para-hydroxylation sites is 2. The Labute approximate surface area is 232 Å². The predicted octanol–water partition coefficient (Wildman–Crippen LogP) is 5.97. The molecule has 5 rings (SSSR count). The number of aromatic nitrogens is 2. The third kappa shape index (κ3) is 4.38. The van der Waals surface area contributed by atoms with Gasteiger partial charge in [-0.2, -0.15) is 52.7 Å². The maximum Gasteiger partial charge on any atom is 0.418 e. The number of hydrogen-bond donors (Lipinski definition) is 0. The van der Waals surface area contributed by atoms with Gasteiger partial charge in [0.15, 0.2) is 0 Å². The average molecular weight is 640 g/mol. The predicted molar refractivity (Wildman–Crippen MR) is 128 cm³/mol. The van der Waals surface area contributed by atoms with E-state index in [-0.39, 0.29) is 12.1 Å². The molecule has 18 heteroatoms. The van der Waals surface area contributed by atoms with Crippen molar-refractivity contribution in [3.63, 3.8) is 0 Å². The summed E-state index contributed by atoms with van der Waals surface area (Å²) in [7, 11) is 0.